The van der Waals surface area contributed by atoms with E-state index in [9.17, 15) is 4.79 Å². The largest absolute Gasteiger partial charge is 0.381 e. The van der Waals surface area contributed by atoms with Crippen molar-refractivity contribution in [3.05, 3.63) is 16.1 Å². The molecule has 6 heteroatoms. The van der Waals surface area contributed by atoms with Gasteiger partial charge in [-0.05, 0) is 12.8 Å². The zero-order valence-electron chi connectivity index (χ0n) is 12.1. The fraction of sp³-hybridized carbons (Fsp3) is 0.714. The normalized spacial score (nSPS) is 18.2. The smallest absolute Gasteiger partial charge is 0.240 e. The lowest BCUT2D eigenvalue weighted by atomic mass is 9.90. The number of aromatic nitrogens is 1. The molecular weight excluding hydrogens is 274 g/mol. The van der Waals surface area contributed by atoms with Gasteiger partial charge in [0.15, 0.2) is 0 Å². The lowest BCUT2D eigenvalue weighted by Gasteiger charge is -2.31. The van der Waals surface area contributed by atoms with Crippen LogP contribution < -0.4 is 11.1 Å². The van der Waals surface area contributed by atoms with E-state index in [-0.39, 0.29) is 5.91 Å². The van der Waals surface area contributed by atoms with Crippen molar-refractivity contribution in [2.45, 2.75) is 44.6 Å². The lowest BCUT2D eigenvalue weighted by Crippen LogP contribution is -2.57. The second-order valence-corrected chi connectivity index (χ2v) is 6.50. The quantitative estimate of drug-likeness (QED) is 0.862. The number of amides is 1. The summed E-state index contributed by atoms with van der Waals surface area (Å²) in [5, 5.41) is 6.13. The van der Waals surface area contributed by atoms with Crippen LogP contribution in [0.3, 0.4) is 0 Å². The molecule has 2 heterocycles. The van der Waals surface area contributed by atoms with Crippen molar-refractivity contribution in [3.8, 4) is 0 Å². The van der Waals surface area contributed by atoms with Crippen molar-refractivity contribution < 1.29 is 9.53 Å². The minimum atomic E-state index is -0.760. The fourth-order valence-electron chi connectivity index (χ4n) is 2.15. The molecule has 3 N–H and O–H groups in total. The first kappa shape index (κ1) is 15.4. The molecule has 112 valence electrons. The first-order valence-electron chi connectivity index (χ1n) is 7.10. The molecular formula is C14H23N3O2S. The second kappa shape index (κ2) is 6.65. The minimum Gasteiger partial charge on any atom is -0.381 e. The van der Waals surface area contributed by atoms with Gasteiger partial charge < -0.3 is 15.8 Å². The molecule has 0 atom stereocenters. The van der Waals surface area contributed by atoms with Crippen molar-refractivity contribution in [2.24, 2.45) is 5.73 Å². The van der Waals surface area contributed by atoms with E-state index in [4.69, 9.17) is 10.5 Å². The topological polar surface area (TPSA) is 77.2 Å². The molecule has 1 saturated heterocycles. The number of carbonyl (C=O) groups excluding carboxylic acids is 1. The molecule has 2 rings (SSSR count). The predicted molar refractivity (Wildman–Crippen MR) is 79.9 cm³/mol. The number of nitrogens with one attached hydrogen (secondary N) is 1. The lowest BCUT2D eigenvalue weighted by molar-refractivity contribution is -0.129. The average Bonchev–Trinajstić information content (AvgIpc) is 2.88. The van der Waals surface area contributed by atoms with Crippen LogP contribution in [0.2, 0.25) is 0 Å². The Morgan fingerprint density at radius 3 is 2.85 bits per heavy atom. The number of nitrogens with zero attached hydrogens (tertiary/aromatic N) is 1. The number of hydrogen-bond acceptors (Lipinski definition) is 5. The van der Waals surface area contributed by atoms with E-state index in [1.807, 2.05) is 0 Å². The maximum Gasteiger partial charge on any atom is 0.240 e. The molecule has 1 aromatic heterocycles. The average molecular weight is 297 g/mol. The molecule has 5 nitrogen and oxygen atoms in total. The molecule has 0 unspecified atom stereocenters. The highest BCUT2D eigenvalue weighted by Crippen LogP contribution is 2.20. The van der Waals surface area contributed by atoms with Crippen LogP contribution in [0.4, 0.5) is 0 Å². The monoisotopic (exact) mass is 297 g/mol. The Bertz CT molecular complexity index is 453. The number of nitrogens with two attached hydrogens (primary N) is 1. The molecule has 1 fully saturated rings. The number of ether oxygens (including phenoxy) is 1. The molecule has 0 bridgehead atoms. The third kappa shape index (κ3) is 3.77. The third-order valence-corrected chi connectivity index (χ3v) is 4.76. The summed E-state index contributed by atoms with van der Waals surface area (Å²) < 4.78 is 5.25. The van der Waals surface area contributed by atoms with Gasteiger partial charge in [-0.3, -0.25) is 4.79 Å². The molecule has 1 amide bonds. The number of hydrogen-bond donors (Lipinski definition) is 2. The summed E-state index contributed by atoms with van der Waals surface area (Å²) in [6.45, 7) is 5.98. The summed E-state index contributed by atoms with van der Waals surface area (Å²) in [7, 11) is 0. The molecule has 1 aromatic rings. The molecule has 0 radical (unpaired) electrons. The maximum atomic E-state index is 12.1. The van der Waals surface area contributed by atoms with Crippen LogP contribution in [0.5, 0.6) is 0 Å². The molecule has 1 aliphatic rings. The number of rotatable bonds is 5. The SMILES string of the molecule is CC(C)c1nc(CCNC(=O)C2(N)CCOCC2)cs1. The summed E-state index contributed by atoms with van der Waals surface area (Å²) in [6, 6.07) is 0. The van der Waals surface area contributed by atoms with Crippen LogP contribution in [-0.4, -0.2) is 36.2 Å². The van der Waals surface area contributed by atoms with Crippen LogP contribution in [0.1, 0.15) is 43.3 Å². The van der Waals surface area contributed by atoms with Gasteiger partial charge in [-0.25, -0.2) is 4.98 Å². The van der Waals surface area contributed by atoms with E-state index in [0.717, 1.165) is 17.1 Å². The van der Waals surface area contributed by atoms with Gasteiger partial charge in [-0.15, -0.1) is 11.3 Å². The van der Waals surface area contributed by atoms with E-state index in [2.05, 4.69) is 29.5 Å². The molecule has 0 aromatic carbocycles. The summed E-state index contributed by atoms with van der Waals surface area (Å²) in [4.78, 5) is 16.7. The van der Waals surface area contributed by atoms with Gasteiger partial charge >= 0.3 is 0 Å². The van der Waals surface area contributed by atoms with Gasteiger partial charge in [0, 0.05) is 37.5 Å². The predicted octanol–water partition coefficient (Wildman–Crippen LogP) is 1.43. The van der Waals surface area contributed by atoms with E-state index < -0.39 is 5.54 Å². The van der Waals surface area contributed by atoms with Gasteiger partial charge in [-0.2, -0.15) is 0 Å². The van der Waals surface area contributed by atoms with Crippen LogP contribution >= 0.6 is 11.3 Å². The van der Waals surface area contributed by atoms with E-state index in [1.165, 1.54) is 0 Å². The van der Waals surface area contributed by atoms with Crippen LogP contribution in [0.25, 0.3) is 0 Å². The molecule has 20 heavy (non-hydrogen) atoms. The van der Waals surface area contributed by atoms with Gasteiger partial charge in [0.1, 0.15) is 0 Å². The van der Waals surface area contributed by atoms with Crippen molar-refractivity contribution in [2.75, 3.05) is 19.8 Å². The molecule has 0 spiro atoms. The van der Waals surface area contributed by atoms with E-state index in [1.54, 1.807) is 11.3 Å². The van der Waals surface area contributed by atoms with Crippen LogP contribution in [0.15, 0.2) is 5.38 Å². The van der Waals surface area contributed by atoms with Crippen molar-refractivity contribution in [3.63, 3.8) is 0 Å². The first-order chi connectivity index (χ1) is 9.51. The van der Waals surface area contributed by atoms with E-state index >= 15 is 0 Å². The van der Waals surface area contributed by atoms with Crippen LogP contribution in [0, 0.1) is 0 Å². The Labute approximate surface area is 123 Å². The second-order valence-electron chi connectivity index (χ2n) is 5.61. The van der Waals surface area contributed by atoms with Gasteiger partial charge in [-0.1, -0.05) is 13.8 Å². The van der Waals surface area contributed by atoms with Gasteiger partial charge in [0.25, 0.3) is 0 Å². The highest BCUT2D eigenvalue weighted by molar-refractivity contribution is 7.09. The maximum absolute atomic E-state index is 12.1. The van der Waals surface area contributed by atoms with Crippen molar-refractivity contribution in [1.82, 2.24) is 10.3 Å². The Balaban J connectivity index is 1.78. The summed E-state index contributed by atoms with van der Waals surface area (Å²) in [6.07, 6.45) is 1.93. The highest BCUT2D eigenvalue weighted by Gasteiger charge is 2.35. The minimum absolute atomic E-state index is 0.0693. The Kier molecular flexibility index (Phi) is 5.12. The summed E-state index contributed by atoms with van der Waals surface area (Å²) in [5.74, 6) is 0.387. The molecule has 0 aliphatic carbocycles. The highest BCUT2D eigenvalue weighted by atomic mass is 32.1. The Hall–Kier alpha value is -0.980. The number of carbonyl (C=O) groups is 1. The Morgan fingerprint density at radius 1 is 1.55 bits per heavy atom. The molecule has 1 aliphatic heterocycles. The zero-order valence-corrected chi connectivity index (χ0v) is 13.0. The van der Waals surface area contributed by atoms with E-state index in [0.29, 0.717) is 38.5 Å². The molecule has 0 saturated carbocycles. The standard InChI is InChI=1S/C14H23N3O2S/c1-10(2)12-17-11(9-20-12)3-6-16-13(18)14(15)4-7-19-8-5-14/h9-10H,3-8,15H2,1-2H3,(H,16,18). The summed E-state index contributed by atoms with van der Waals surface area (Å²) in [5.41, 5.74) is 6.40. The Morgan fingerprint density at radius 2 is 2.25 bits per heavy atom. The fourth-order valence-corrected chi connectivity index (χ4v) is 3.01. The number of thiazole rings is 1. The van der Waals surface area contributed by atoms with Gasteiger partial charge in [0.2, 0.25) is 5.91 Å². The zero-order chi connectivity index (χ0) is 14.6. The van der Waals surface area contributed by atoms with Crippen molar-refractivity contribution in [1.29, 1.82) is 0 Å². The van der Waals surface area contributed by atoms with Crippen molar-refractivity contribution >= 4 is 17.2 Å². The summed E-state index contributed by atoms with van der Waals surface area (Å²) >= 11 is 1.68. The van der Waals surface area contributed by atoms with Gasteiger partial charge in [0.05, 0.1) is 16.2 Å². The van der Waals surface area contributed by atoms with Crippen LogP contribution in [-0.2, 0) is 16.0 Å². The first-order valence-corrected chi connectivity index (χ1v) is 7.98. The third-order valence-electron chi connectivity index (χ3n) is 3.57.